The number of nitrogens with zero attached hydrogens (tertiary/aromatic N) is 2. The van der Waals surface area contributed by atoms with Crippen LogP contribution in [-0.2, 0) is 24.2 Å². The number of benzene rings is 2. The third kappa shape index (κ3) is 6.19. The lowest BCUT2D eigenvalue weighted by atomic mass is 9.96. The highest BCUT2D eigenvalue weighted by atomic mass is 79.9. The molecular formula is C28H23BrFN3O3S. The molecule has 3 aromatic rings. The Kier molecular flexibility index (Phi) is 8.60. The number of anilines is 1. The number of hydrogen-bond acceptors (Lipinski definition) is 6. The van der Waals surface area contributed by atoms with Gasteiger partial charge in [-0.15, -0.1) is 11.3 Å². The number of aryl methyl sites for hydroxylation is 1. The van der Waals surface area contributed by atoms with Crippen LogP contribution in [0.1, 0.15) is 46.9 Å². The van der Waals surface area contributed by atoms with Crippen LogP contribution in [0.5, 0.6) is 11.5 Å². The standard InChI is InChI=1S/C28H23BrFN3O3S/c1-2-35-24-12-18(23(29)13-25(24)36-16-17-7-9-20(30)10-8-17)11-19(14-31)27(34)33-28-22(15-32)21-5-3-4-6-26(21)37-28/h7-13H,2-6,16H2,1H3,(H,33,34)/b19-11+. The Morgan fingerprint density at radius 1 is 1.16 bits per heavy atom. The van der Waals surface area contributed by atoms with Gasteiger partial charge in [-0.3, -0.25) is 4.79 Å². The Hall–Kier alpha value is -3.66. The lowest BCUT2D eigenvalue weighted by Crippen LogP contribution is -2.13. The predicted octanol–water partition coefficient (Wildman–Crippen LogP) is 6.92. The largest absolute Gasteiger partial charge is 0.490 e. The number of fused-ring (bicyclic) bond motifs is 1. The average Bonchev–Trinajstić information content (AvgIpc) is 3.25. The van der Waals surface area contributed by atoms with Gasteiger partial charge < -0.3 is 14.8 Å². The van der Waals surface area contributed by atoms with Gasteiger partial charge in [0.25, 0.3) is 5.91 Å². The van der Waals surface area contributed by atoms with Crippen LogP contribution >= 0.6 is 27.3 Å². The summed E-state index contributed by atoms with van der Waals surface area (Å²) in [5.41, 5.74) is 2.73. The third-order valence-corrected chi connectivity index (χ3v) is 7.74. The van der Waals surface area contributed by atoms with E-state index in [4.69, 9.17) is 9.47 Å². The summed E-state index contributed by atoms with van der Waals surface area (Å²) in [5, 5.41) is 22.6. The molecule has 1 aromatic heterocycles. The second kappa shape index (κ2) is 12.1. The maximum atomic E-state index is 13.2. The van der Waals surface area contributed by atoms with E-state index >= 15 is 0 Å². The molecule has 188 valence electrons. The van der Waals surface area contributed by atoms with Crippen LogP contribution in [0.25, 0.3) is 6.08 Å². The number of halogens is 2. The zero-order valence-electron chi connectivity index (χ0n) is 20.1. The molecule has 6 nitrogen and oxygen atoms in total. The lowest BCUT2D eigenvalue weighted by molar-refractivity contribution is -0.112. The van der Waals surface area contributed by atoms with Crippen LogP contribution in [0.2, 0.25) is 0 Å². The van der Waals surface area contributed by atoms with Crippen LogP contribution in [-0.4, -0.2) is 12.5 Å². The van der Waals surface area contributed by atoms with Gasteiger partial charge in [0.2, 0.25) is 0 Å². The zero-order chi connectivity index (χ0) is 26.4. The van der Waals surface area contributed by atoms with E-state index in [1.165, 1.54) is 29.5 Å². The molecule has 1 N–H and O–H groups in total. The van der Waals surface area contributed by atoms with Crippen molar-refractivity contribution in [2.75, 3.05) is 11.9 Å². The minimum absolute atomic E-state index is 0.113. The Labute approximate surface area is 227 Å². The monoisotopic (exact) mass is 579 g/mol. The van der Waals surface area contributed by atoms with E-state index < -0.39 is 5.91 Å². The fourth-order valence-electron chi connectivity index (χ4n) is 4.03. The van der Waals surface area contributed by atoms with Crippen LogP contribution in [0, 0.1) is 28.5 Å². The van der Waals surface area contributed by atoms with Crippen molar-refractivity contribution < 1.29 is 18.7 Å². The van der Waals surface area contributed by atoms with E-state index in [0.717, 1.165) is 41.7 Å². The number of thiophene rings is 1. The van der Waals surface area contributed by atoms with Crippen molar-refractivity contribution in [2.45, 2.75) is 39.2 Å². The molecule has 1 aliphatic carbocycles. The summed E-state index contributed by atoms with van der Waals surface area (Å²) in [6.07, 6.45) is 5.28. The molecule has 0 spiro atoms. The van der Waals surface area contributed by atoms with E-state index in [2.05, 4.69) is 27.3 Å². The molecular weight excluding hydrogens is 557 g/mol. The maximum Gasteiger partial charge on any atom is 0.266 e. The quantitative estimate of drug-likeness (QED) is 0.231. The Morgan fingerprint density at radius 3 is 2.59 bits per heavy atom. The first-order valence-electron chi connectivity index (χ1n) is 11.7. The number of nitriles is 2. The molecule has 9 heteroatoms. The number of carbonyl (C=O) groups is 1. The molecule has 0 saturated heterocycles. The highest BCUT2D eigenvalue weighted by molar-refractivity contribution is 9.10. The number of amides is 1. The SMILES string of the molecule is CCOc1cc(/C=C(\C#N)C(=O)Nc2sc3c(c2C#N)CCCC3)c(Br)cc1OCc1ccc(F)cc1. The molecule has 1 amide bonds. The lowest BCUT2D eigenvalue weighted by Gasteiger charge is -2.14. The molecule has 0 radical (unpaired) electrons. The fraction of sp³-hybridized carbons (Fsp3) is 0.250. The van der Waals surface area contributed by atoms with Crippen molar-refractivity contribution in [2.24, 2.45) is 0 Å². The summed E-state index contributed by atoms with van der Waals surface area (Å²) < 4.78 is 25.4. The number of carbonyl (C=O) groups excluding carboxylic acids is 1. The molecule has 0 saturated carbocycles. The van der Waals surface area contributed by atoms with Crippen molar-refractivity contribution in [1.29, 1.82) is 10.5 Å². The zero-order valence-corrected chi connectivity index (χ0v) is 22.5. The first-order chi connectivity index (χ1) is 17.9. The van der Waals surface area contributed by atoms with Crippen LogP contribution < -0.4 is 14.8 Å². The Balaban J connectivity index is 1.57. The van der Waals surface area contributed by atoms with Gasteiger partial charge in [-0.2, -0.15) is 10.5 Å². The first kappa shape index (κ1) is 26.4. The summed E-state index contributed by atoms with van der Waals surface area (Å²) >= 11 is 4.90. The molecule has 0 fully saturated rings. The van der Waals surface area contributed by atoms with Crippen molar-refractivity contribution in [3.63, 3.8) is 0 Å². The van der Waals surface area contributed by atoms with Gasteiger partial charge in [-0.25, -0.2) is 4.39 Å². The molecule has 1 aliphatic rings. The molecule has 2 aromatic carbocycles. The number of nitrogens with one attached hydrogen (secondary N) is 1. The fourth-order valence-corrected chi connectivity index (χ4v) is 5.70. The average molecular weight is 580 g/mol. The van der Waals surface area contributed by atoms with E-state index in [9.17, 15) is 19.7 Å². The minimum Gasteiger partial charge on any atom is -0.490 e. The van der Waals surface area contributed by atoms with Crippen LogP contribution in [0.15, 0.2) is 46.4 Å². The molecule has 37 heavy (non-hydrogen) atoms. The van der Waals surface area contributed by atoms with Crippen molar-refractivity contribution in [3.8, 4) is 23.6 Å². The smallest absolute Gasteiger partial charge is 0.266 e. The minimum atomic E-state index is -0.584. The highest BCUT2D eigenvalue weighted by Gasteiger charge is 2.23. The van der Waals surface area contributed by atoms with Crippen molar-refractivity contribution in [3.05, 3.63) is 79.4 Å². The van der Waals surface area contributed by atoms with E-state index in [1.807, 2.05) is 13.0 Å². The topological polar surface area (TPSA) is 95.1 Å². The predicted molar refractivity (Wildman–Crippen MR) is 144 cm³/mol. The number of rotatable bonds is 8. The van der Waals surface area contributed by atoms with Crippen LogP contribution in [0.4, 0.5) is 9.39 Å². The van der Waals surface area contributed by atoms with Gasteiger partial charge in [-0.05, 0) is 79.6 Å². The molecule has 0 aliphatic heterocycles. The second-order valence-corrected chi connectivity index (χ2v) is 10.3. The third-order valence-electron chi connectivity index (χ3n) is 5.85. The van der Waals surface area contributed by atoms with Gasteiger partial charge in [0.1, 0.15) is 35.1 Å². The number of ether oxygens (including phenoxy) is 2. The van der Waals surface area contributed by atoms with Gasteiger partial charge >= 0.3 is 0 Å². The summed E-state index contributed by atoms with van der Waals surface area (Å²) in [6, 6.07) is 13.6. The van der Waals surface area contributed by atoms with Gasteiger partial charge in [0.05, 0.1) is 12.2 Å². The van der Waals surface area contributed by atoms with Crippen molar-refractivity contribution in [1.82, 2.24) is 0 Å². The normalized spacial score (nSPS) is 12.7. The summed E-state index contributed by atoms with van der Waals surface area (Å²) in [5.74, 6) is -0.00737. The van der Waals surface area contributed by atoms with E-state index in [-0.39, 0.29) is 18.0 Å². The molecule has 4 rings (SSSR count). The highest BCUT2D eigenvalue weighted by Crippen LogP contribution is 2.38. The van der Waals surface area contributed by atoms with E-state index in [1.54, 1.807) is 24.3 Å². The van der Waals surface area contributed by atoms with Gasteiger partial charge in [-0.1, -0.05) is 28.1 Å². The second-order valence-electron chi connectivity index (χ2n) is 8.32. The first-order valence-corrected chi connectivity index (χ1v) is 13.4. The Morgan fingerprint density at radius 2 is 1.89 bits per heavy atom. The van der Waals surface area contributed by atoms with E-state index in [0.29, 0.717) is 38.7 Å². The number of hydrogen-bond donors (Lipinski definition) is 1. The maximum absolute atomic E-state index is 13.2. The molecule has 0 unspecified atom stereocenters. The van der Waals surface area contributed by atoms with Gasteiger partial charge in [0.15, 0.2) is 11.5 Å². The Bertz CT molecular complexity index is 1430. The summed E-state index contributed by atoms with van der Waals surface area (Å²) in [6.45, 7) is 2.42. The van der Waals surface area contributed by atoms with Crippen LogP contribution in [0.3, 0.4) is 0 Å². The molecule has 1 heterocycles. The van der Waals surface area contributed by atoms with Crippen molar-refractivity contribution >= 4 is 44.3 Å². The van der Waals surface area contributed by atoms with Gasteiger partial charge in [0, 0.05) is 9.35 Å². The molecule has 0 atom stereocenters. The summed E-state index contributed by atoms with van der Waals surface area (Å²) in [4.78, 5) is 14.1. The summed E-state index contributed by atoms with van der Waals surface area (Å²) in [7, 11) is 0. The molecule has 0 bridgehead atoms.